The van der Waals surface area contributed by atoms with Crippen molar-refractivity contribution in [3.63, 3.8) is 0 Å². The van der Waals surface area contributed by atoms with Crippen LogP contribution in [0.1, 0.15) is 30.5 Å². The van der Waals surface area contributed by atoms with Crippen LogP contribution >= 0.6 is 0 Å². The van der Waals surface area contributed by atoms with E-state index < -0.39 is 11.7 Å². The molecular formula is C18H20F3NO. The predicted molar refractivity (Wildman–Crippen MR) is 84.2 cm³/mol. The van der Waals surface area contributed by atoms with E-state index >= 15 is 0 Å². The highest BCUT2D eigenvalue weighted by molar-refractivity contribution is 5.43. The van der Waals surface area contributed by atoms with Crippen LogP contribution in [0.2, 0.25) is 0 Å². The summed E-state index contributed by atoms with van der Waals surface area (Å²) < 4.78 is 45.3. The zero-order valence-corrected chi connectivity index (χ0v) is 13.2. The van der Waals surface area contributed by atoms with Gasteiger partial charge in [-0.3, -0.25) is 0 Å². The number of benzene rings is 2. The summed E-state index contributed by atoms with van der Waals surface area (Å²) in [6.07, 6.45) is -4.44. The van der Waals surface area contributed by atoms with Crippen molar-refractivity contribution < 1.29 is 17.9 Å². The molecule has 0 unspecified atom stereocenters. The van der Waals surface area contributed by atoms with Crippen molar-refractivity contribution in [1.29, 1.82) is 0 Å². The van der Waals surface area contributed by atoms with Crippen LogP contribution in [0.15, 0.2) is 48.5 Å². The van der Waals surface area contributed by atoms with E-state index in [4.69, 9.17) is 4.74 Å². The summed E-state index contributed by atoms with van der Waals surface area (Å²) >= 11 is 0. The van der Waals surface area contributed by atoms with Crippen molar-refractivity contribution in [2.45, 2.75) is 39.2 Å². The highest BCUT2D eigenvalue weighted by Gasteiger charge is 2.35. The first-order chi connectivity index (χ1) is 10.9. The van der Waals surface area contributed by atoms with Crippen molar-refractivity contribution in [3.8, 4) is 5.75 Å². The molecule has 0 amide bonds. The average molecular weight is 323 g/mol. The van der Waals surface area contributed by atoms with E-state index in [1.54, 1.807) is 6.07 Å². The molecule has 124 valence electrons. The van der Waals surface area contributed by atoms with Crippen LogP contribution in [0.4, 0.5) is 13.2 Å². The van der Waals surface area contributed by atoms with Crippen LogP contribution in [0.25, 0.3) is 0 Å². The van der Waals surface area contributed by atoms with E-state index in [9.17, 15) is 13.2 Å². The normalized spacial score (nSPS) is 11.7. The lowest BCUT2D eigenvalue weighted by atomic mass is 10.1. The molecule has 0 saturated heterocycles. The molecule has 0 aromatic heterocycles. The Morgan fingerprint density at radius 1 is 1.00 bits per heavy atom. The number of hydrogen-bond acceptors (Lipinski definition) is 2. The van der Waals surface area contributed by atoms with Crippen LogP contribution in [0.5, 0.6) is 5.75 Å². The number of halogens is 3. The molecule has 0 aliphatic rings. The van der Waals surface area contributed by atoms with Crippen molar-refractivity contribution in [2.24, 2.45) is 0 Å². The highest BCUT2D eigenvalue weighted by Crippen LogP contribution is 2.38. The molecule has 0 radical (unpaired) electrons. The Kier molecular flexibility index (Phi) is 5.66. The van der Waals surface area contributed by atoms with Crippen molar-refractivity contribution in [2.75, 3.05) is 0 Å². The molecule has 5 heteroatoms. The Bertz CT molecular complexity index is 624. The summed E-state index contributed by atoms with van der Waals surface area (Å²) in [6, 6.07) is 13.5. The molecule has 2 aromatic carbocycles. The van der Waals surface area contributed by atoms with Crippen LogP contribution in [-0.4, -0.2) is 6.04 Å². The standard InChI is InChI=1S/C18H20F3NO/c1-13(2)22-11-15-9-6-10-16(18(19,20)21)17(15)23-12-14-7-4-3-5-8-14/h3-10,13,22H,11-12H2,1-2H3. The van der Waals surface area contributed by atoms with Gasteiger partial charge in [0.05, 0.1) is 5.56 Å². The summed E-state index contributed by atoms with van der Waals surface area (Å²) in [5.74, 6) is -0.1000. The predicted octanol–water partition coefficient (Wildman–Crippen LogP) is 4.78. The minimum Gasteiger partial charge on any atom is -0.488 e. The van der Waals surface area contributed by atoms with Crippen molar-refractivity contribution in [1.82, 2.24) is 5.32 Å². The summed E-state index contributed by atoms with van der Waals surface area (Å²) in [5.41, 5.74) is 0.591. The minimum absolute atomic E-state index is 0.0998. The largest absolute Gasteiger partial charge is 0.488 e. The number of rotatable bonds is 6. The first kappa shape index (κ1) is 17.3. The Morgan fingerprint density at radius 3 is 2.30 bits per heavy atom. The van der Waals surface area contributed by atoms with E-state index in [0.717, 1.165) is 11.6 Å². The molecule has 0 saturated carbocycles. The molecule has 0 fully saturated rings. The minimum atomic E-state index is -4.44. The maximum Gasteiger partial charge on any atom is 0.419 e. The molecule has 0 aliphatic heterocycles. The van der Waals surface area contributed by atoms with E-state index in [1.807, 2.05) is 44.2 Å². The smallest absolute Gasteiger partial charge is 0.419 e. The molecule has 2 nitrogen and oxygen atoms in total. The second-order valence-electron chi connectivity index (χ2n) is 5.60. The van der Waals surface area contributed by atoms with Gasteiger partial charge < -0.3 is 10.1 Å². The van der Waals surface area contributed by atoms with E-state index in [1.165, 1.54) is 6.07 Å². The number of alkyl halides is 3. The quantitative estimate of drug-likeness (QED) is 0.826. The molecule has 0 aliphatic carbocycles. The summed E-state index contributed by atoms with van der Waals surface area (Å²) in [7, 11) is 0. The Balaban J connectivity index is 2.28. The fraction of sp³-hybridized carbons (Fsp3) is 0.333. The number of para-hydroxylation sites is 1. The number of ether oxygens (including phenoxy) is 1. The van der Waals surface area contributed by atoms with Gasteiger partial charge in [-0.2, -0.15) is 13.2 Å². The van der Waals surface area contributed by atoms with Gasteiger partial charge in [-0.15, -0.1) is 0 Å². The lowest BCUT2D eigenvalue weighted by Crippen LogP contribution is -2.23. The maximum absolute atomic E-state index is 13.3. The van der Waals surface area contributed by atoms with Gasteiger partial charge in [0.1, 0.15) is 12.4 Å². The van der Waals surface area contributed by atoms with Crippen molar-refractivity contribution in [3.05, 3.63) is 65.2 Å². The van der Waals surface area contributed by atoms with E-state index in [2.05, 4.69) is 5.32 Å². The fourth-order valence-corrected chi connectivity index (χ4v) is 2.16. The first-order valence-electron chi connectivity index (χ1n) is 7.47. The van der Waals surface area contributed by atoms with Gasteiger partial charge in [-0.25, -0.2) is 0 Å². The van der Waals surface area contributed by atoms with Gasteiger partial charge >= 0.3 is 6.18 Å². The van der Waals surface area contributed by atoms with Crippen LogP contribution in [0, 0.1) is 0 Å². The Labute approximate surface area is 134 Å². The van der Waals surface area contributed by atoms with Gasteiger partial charge in [0.2, 0.25) is 0 Å². The van der Waals surface area contributed by atoms with Crippen molar-refractivity contribution >= 4 is 0 Å². The summed E-state index contributed by atoms with van der Waals surface area (Å²) in [5, 5.41) is 3.13. The van der Waals surface area contributed by atoms with Crippen LogP contribution in [-0.2, 0) is 19.3 Å². The second kappa shape index (κ2) is 7.51. The van der Waals surface area contributed by atoms with Gasteiger partial charge in [-0.05, 0) is 11.6 Å². The van der Waals surface area contributed by atoms with E-state index in [0.29, 0.717) is 12.1 Å². The molecule has 0 heterocycles. The van der Waals surface area contributed by atoms with Crippen LogP contribution in [0.3, 0.4) is 0 Å². The fourth-order valence-electron chi connectivity index (χ4n) is 2.16. The molecule has 23 heavy (non-hydrogen) atoms. The third kappa shape index (κ3) is 4.99. The molecule has 2 aromatic rings. The summed E-state index contributed by atoms with van der Waals surface area (Å²) in [6.45, 7) is 4.31. The molecule has 2 rings (SSSR count). The Hall–Kier alpha value is -2.01. The Morgan fingerprint density at radius 2 is 1.70 bits per heavy atom. The molecule has 0 spiro atoms. The van der Waals surface area contributed by atoms with E-state index in [-0.39, 0.29) is 18.4 Å². The molecule has 0 atom stereocenters. The number of nitrogens with one attached hydrogen (secondary N) is 1. The molecule has 0 bridgehead atoms. The topological polar surface area (TPSA) is 21.3 Å². The zero-order valence-electron chi connectivity index (χ0n) is 13.2. The van der Waals surface area contributed by atoms with Gasteiger partial charge in [0, 0.05) is 18.2 Å². The second-order valence-corrected chi connectivity index (χ2v) is 5.60. The van der Waals surface area contributed by atoms with Gasteiger partial charge in [-0.1, -0.05) is 56.3 Å². The zero-order chi connectivity index (χ0) is 16.9. The lowest BCUT2D eigenvalue weighted by molar-refractivity contribution is -0.139. The lowest BCUT2D eigenvalue weighted by Gasteiger charge is -2.19. The first-order valence-corrected chi connectivity index (χ1v) is 7.47. The van der Waals surface area contributed by atoms with Gasteiger partial charge in [0.15, 0.2) is 0 Å². The summed E-state index contributed by atoms with van der Waals surface area (Å²) in [4.78, 5) is 0. The monoisotopic (exact) mass is 323 g/mol. The molecular weight excluding hydrogens is 303 g/mol. The van der Waals surface area contributed by atoms with Gasteiger partial charge in [0.25, 0.3) is 0 Å². The van der Waals surface area contributed by atoms with Crippen LogP contribution < -0.4 is 10.1 Å². The SMILES string of the molecule is CC(C)NCc1cccc(C(F)(F)F)c1OCc1ccccc1. The maximum atomic E-state index is 13.3. The highest BCUT2D eigenvalue weighted by atomic mass is 19.4. The third-order valence-corrected chi connectivity index (χ3v) is 3.33. The molecule has 1 N–H and O–H groups in total. The third-order valence-electron chi connectivity index (χ3n) is 3.33. The average Bonchev–Trinajstić information content (AvgIpc) is 2.51. The number of hydrogen-bond donors (Lipinski definition) is 1.